The van der Waals surface area contributed by atoms with Gasteiger partial charge >= 0.3 is 0 Å². The summed E-state index contributed by atoms with van der Waals surface area (Å²) >= 11 is 0. The van der Waals surface area contributed by atoms with Crippen LogP contribution in [0, 0.1) is 0 Å². The second-order valence-electron chi connectivity index (χ2n) is 9.34. The maximum atomic E-state index is 5.73. The Morgan fingerprint density at radius 2 is 0.741 bits per heavy atom. The van der Waals surface area contributed by atoms with Crippen LogP contribution in [0.1, 0.15) is 155 Å². The number of hydrogen-bond donors (Lipinski definition) is 0. The zero-order valence-corrected chi connectivity index (χ0v) is 19.2. The Bertz CT molecular complexity index is 295. The molecule has 0 bridgehead atoms. The molecule has 162 valence electrons. The van der Waals surface area contributed by atoms with E-state index in [2.05, 4.69) is 13.8 Å². The van der Waals surface area contributed by atoms with E-state index >= 15 is 0 Å². The Kier molecular flexibility index (Phi) is 16.7. The number of unbranched alkanes of at least 4 members (excludes halogenated alkanes) is 18. The minimum absolute atomic E-state index is 0.338. The fourth-order valence-electron chi connectivity index (χ4n) is 4.36. The van der Waals surface area contributed by atoms with Gasteiger partial charge in [0.2, 0.25) is 0 Å². The van der Waals surface area contributed by atoms with Gasteiger partial charge < -0.3 is 4.74 Å². The predicted molar refractivity (Wildman–Crippen MR) is 122 cm³/mol. The highest BCUT2D eigenvalue weighted by Gasteiger charge is 2.42. The molecular weight excluding hydrogens is 328 g/mol. The number of epoxide rings is 1. The summed E-state index contributed by atoms with van der Waals surface area (Å²) < 4.78 is 5.73. The first-order chi connectivity index (χ1) is 13.3. The third-order valence-electron chi connectivity index (χ3n) is 6.52. The van der Waals surface area contributed by atoms with Crippen LogP contribution in [0.2, 0.25) is 0 Å². The van der Waals surface area contributed by atoms with Crippen LogP contribution < -0.4 is 0 Å². The second-order valence-corrected chi connectivity index (χ2v) is 9.34. The molecule has 0 saturated carbocycles. The number of rotatable bonds is 22. The minimum atomic E-state index is 0.338. The quantitative estimate of drug-likeness (QED) is 0.135. The maximum absolute atomic E-state index is 5.73. The molecular formula is C26H52O. The summed E-state index contributed by atoms with van der Waals surface area (Å²) in [5.74, 6) is 0. The molecule has 0 aliphatic carbocycles. The standard InChI is InChI=1S/C26H52O/c1-3-5-7-8-9-10-11-12-13-14-15-16-17-18-19-20-21-22-24-26(25-27-26)23-6-4-2/h3-25H2,1-2H3. The monoisotopic (exact) mass is 380 g/mol. The first-order valence-corrected chi connectivity index (χ1v) is 13.0. The summed E-state index contributed by atoms with van der Waals surface area (Å²) in [5, 5.41) is 0. The van der Waals surface area contributed by atoms with E-state index in [1.165, 1.54) is 141 Å². The summed E-state index contributed by atoms with van der Waals surface area (Å²) in [7, 11) is 0. The fourth-order valence-corrected chi connectivity index (χ4v) is 4.36. The van der Waals surface area contributed by atoms with Gasteiger partial charge in [-0.1, -0.05) is 142 Å². The topological polar surface area (TPSA) is 12.5 Å². The van der Waals surface area contributed by atoms with E-state index in [-0.39, 0.29) is 0 Å². The summed E-state index contributed by atoms with van der Waals surface area (Å²) in [6, 6.07) is 0. The van der Waals surface area contributed by atoms with E-state index in [4.69, 9.17) is 4.74 Å². The first kappa shape index (κ1) is 25.0. The highest BCUT2D eigenvalue weighted by Crippen LogP contribution is 2.37. The lowest BCUT2D eigenvalue weighted by atomic mass is 9.95. The average molecular weight is 381 g/mol. The van der Waals surface area contributed by atoms with Crippen LogP contribution in [0.15, 0.2) is 0 Å². The third-order valence-corrected chi connectivity index (χ3v) is 6.52. The largest absolute Gasteiger partial charge is 0.370 e. The fraction of sp³-hybridized carbons (Fsp3) is 1.00. The van der Waals surface area contributed by atoms with Gasteiger partial charge in [-0.15, -0.1) is 0 Å². The molecule has 27 heavy (non-hydrogen) atoms. The molecule has 1 nitrogen and oxygen atoms in total. The van der Waals surface area contributed by atoms with Gasteiger partial charge in [0.15, 0.2) is 0 Å². The summed E-state index contributed by atoms with van der Waals surface area (Å²) in [6.45, 7) is 5.63. The minimum Gasteiger partial charge on any atom is -0.370 e. The maximum Gasteiger partial charge on any atom is 0.0916 e. The molecule has 1 heteroatoms. The molecule has 1 unspecified atom stereocenters. The van der Waals surface area contributed by atoms with Crippen molar-refractivity contribution in [2.75, 3.05) is 6.61 Å². The second kappa shape index (κ2) is 18.0. The van der Waals surface area contributed by atoms with E-state index in [0.29, 0.717) is 5.60 Å². The number of ether oxygens (including phenoxy) is 1. The Morgan fingerprint density at radius 3 is 1.07 bits per heavy atom. The molecule has 1 rings (SSSR count). The van der Waals surface area contributed by atoms with Crippen molar-refractivity contribution in [2.45, 2.75) is 161 Å². The van der Waals surface area contributed by atoms with Gasteiger partial charge in [0.05, 0.1) is 12.2 Å². The van der Waals surface area contributed by atoms with Crippen molar-refractivity contribution in [3.05, 3.63) is 0 Å². The molecule has 1 heterocycles. The van der Waals surface area contributed by atoms with E-state index in [9.17, 15) is 0 Å². The molecule has 1 saturated heterocycles. The molecule has 0 spiro atoms. The molecule has 1 aliphatic heterocycles. The Morgan fingerprint density at radius 1 is 0.444 bits per heavy atom. The molecule has 0 N–H and O–H groups in total. The van der Waals surface area contributed by atoms with Crippen LogP contribution in [-0.4, -0.2) is 12.2 Å². The lowest BCUT2D eigenvalue weighted by Crippen LogP contribution is -2.10. The van der Waals surface area contributed by atoms with Crippen LogP contribution in [-0.2, 0) is 4.74 Å². The van der Waals surface area contributed by atoms with Gasteiger partial charge in [-0.25, -0.2) is 0 Å². The lowest BCUT2D eigenvalue weighted by Gasteiger charge is -2.10. The average Bonchev–Trinajstić information content (AvgIpc) is 3.45. The van der Waals surface area contributed by atoms with Crippen LogP contribution in [0.3, 0.4) is 0 Å². The van der Waals surface area contributed by atoms with Gasteiger partial charge in [0, 0.05) is 0 Å². The van der Waals surface area contributed by atoms with Crippen molar-refractivity contribution in [3.8, 4) is 0 Å². The molecule has 0 aromatic carbocycles. The van der Waals surface area contributed by atoms with Gasteiger partial charge in [-0.3, -0.25) is 0 Å². The zero-order chi connectivity index (χ0) is 19.5. The summed E-state index contributed by atoms with van der Waals surface area (Å²) in [6.07, 6.45) is 31.5. The van der Waals surface area contributed by atoms with E-state index < -0.39 is 0 Å². The third kappa shape index (κ3) is 15.5. The van der Waals surface area contributed by atoms with Crippen LogP contribution in [0.25, 0.3) is 0 Å². The first-order valence-electron chi connectivity index (χ1n) is 13.0. The Balaban J connectivity index is 1.68. The van der Waals surface area contributed by atoms with Crippen LogP contribution in [0.5, 0.6) is 0 Å². The molecule has 0 radical (unpaired) electrons. The van der Waals surface area contributed by atoms with E-state index in [0.717, 1.165) is 6.61 Å². The van der Waals surface area contributed by atoms with Crippen molar-refractivity contribution < 1.29 is 4.74 Å². The molecule has 0 amide bonds. The molecule has 1 atom stereocenters. The summed E-state index contributed by atoms with van der Waals surface area (Å²) in [5.41, 5.74) is 0.338. The summed E-state index contributed by atoms with van der Waals surface area (Å²) in [4.78, 5) is 0. The van der Waals surface area contributed by atoms with Gasteiger partial charge in [-0.2, -0.15) is 0 Å². The molecule has 0 aromatic rings. The van der Waals surface area contributed by atoms with Crippen molar-refractivity contribution >= 4 is 0 Å². The van der Waals surface area contributed by atoms with E-state index in [1.54, 1.807) is 0 Å². The van der Waals surface area contributed by atoms with Crippen LogP contribution in [0.4, 0.5) is 0 Å². The Hall–Kier alpha value is -0.0400. The van der Waals surface area contributed by atoms with Crippen molar-refractivity contribution in [3.63, 3.8) is 0 Å². The number of hydrogen-bond acceptors (Lipinski definition) is 1. The van der Waals surface area contributed by atoms with Gasteiger partial charge in [-0.05, 0) is 12.8 Å². The Labute approximate surface area is 172 Å². The van der Waals surface area contributed by atoms with E-state index in [1.807, 2.05) is 0 Å². The van der Waals surface area contributed by atoms with Crippen molar-refractivity contribution in [1.29, 1.82) is 0 Å². The smallest absolute Gasteiger partial charge is 0.0916 e. The zero-order valence-electron chi connectivity index (χ0n) is 19.2. The molecule has 1 fully saturated rings. The highest BCUT2D eigenvalue weighted by atomic mass is 16.6. The van der Waals surface area contributed by atoms with Crippen molar-refractivity contribution in [1.82, 2.24) is 0 Å². The lowest BCUT2D eigenvalue weighted by molar-refractivity contribution is 0.262. The predicted octanol–water partition coefficient (Wildman–Crippen LogP) is 9.38. The van der Waals surface area contributed by atoms with Crippen LogP contribution >= 0.6 is 0 Å². The highest BCUT2D eigenvalue weighted by molar-refractivity contribution is 4.91. The van der Waals surface area contributed by atoms with Crippen molar-refractivity contribution in [2.24, 2.45) is 0 Å². The van der Waals surface area contributed by atoms with Gasteiger partial charge in [0.1, 0.15) is 0 Å². The molecule has 0 aromatic heterocycles. The molecule has 1 aliphatic rings. The SMILES string of the molecule is CCCCCCCCCCCCCCCCCCCCC1(CCCC)CO1. The van der Waals surface area contributed by atoms with Gasteiger partial charge in [0.25, 0.3) is 0 Å². The normalized spacial score (nSPS) is 18.9.